The molecule has 4 rings (SSSR count). The average Bonchev–Trinajstić information content (AvgIpc) is 3.21. The van der Waals surface area contributed by atoms with E-state index >= 15 is 0 Å². The standard InChI is InChI=1S/C18H20N4O4/c1-24-14-5-4-12(8-15(14)25-2)9-22-13-10-21(11-16(13)26-18(22)23)17-19-6-3-7-20-17/h3-8,13,16H,9-11H2,1-2H3/t13-,16+/m0/s1. The third-order valence-electron chi connectivity index (χ3n) is 4.76. The van der Waals surface area contributed by atoms with Gasteiger partial charge < -0.3 is 19.1 Å². The molecule has 2 fully saturated rings. The maximum absolute atomic E-state index is 12.3. The highest BCUT2D eigenvalue weighted by molar-refractivity contribution is 5.71. The predicted octanol–water partition coefficient (Wildman–Crippen LogP) is 1.70. The van der Waals surface area contributed by atoms with Crippen LogP contribution in [0.5, 0.6) is 11.5 Å². The largest absolute Gasteiger partial charge is 0.493 e. The Kier molecular flexibility index (Phi) is 4.24. The Hall–Kier alpha value is -3.03. The summed E-state index contributed by atoms with van der Waals surface area (Å²) in [5.74, 6) is 1.95. The van der Waals surface area contributed by atoms with Crippen LogP contribution in [-0.2, 0) is 11.3 Å². The summed E-state index contributed by atoms with van der Waals surface area (Å²) in [4.78, 5) is 24.7. The van der Waals surface area contributed by atoms with Gasteiger partial charge in [0.2, 0.25) is 5.95 Å². The van der Waals surface area contributed by atoms with E-state index in [1.165, 1.54) is 0 Å². The number of hydrogen-bond donors (Lipinski definition) is 0. The van der Waals surface area contributed by atoms with Gasteiger partial charge in [-0.1, -0.05) is 6.07 Å². The summed E-state index contributed by atoms with van der Waals surface area (Å²) < 4.78 is 16.2. The summed E-state index contributed by atoms with van der Waals surface area (Å²) in [6, 6.07) is 7.40. The number of carbonyl (C=O) groups is 1. The monoisotopic (exact) mass is 356 g/mol. The average molecular weight is 356 g/mol. The number of methoxy groups -OCH3 is 2. The number of carbonyl (C=O) groups excluding carboxylic acids is 1. The number of amides is 1. The number of anilines is 1. The summed E-state index contributed by atoms with van der Waals surface area (Å²) >= 11 is 0. The lowest BCUT2D eigenvalue weighted by Crippen LogP contribution is -2.37. The number of fused-ring (bicyclic) bond motifs is 1. The summed E-state index contributed by atoms with van der Waals surface area (Å²) in [7, 11) is 3.19. The van der Waals surface area contributed by atoms with Gasteiger partial charge in [0.15, 0.2) is 11.5 Å². The molecule has 2 aliphatic heterocycles. The van der Waals surface area contributed by atoms with Crippen LogP contribution < -0.4 is 14.4 Å². The van der Waals surface area contributed by atoms with Crippen molar-refractivity contribution in [2.24, 2.45) is 0 Å². The van der Waals surface area contributed by atoms with Gasteiger partial charge in [-0.2, -0.15) is 0 Å². The van der Waals surface area contributed by atoms with Crippen molar-refractivity contribution in [2.45, 2.75) is 18.7 Å². The molecule has 2 aliphatic rings. The number of benzene rings is 1. The molecule has 1 amide bonds. The Morgan fingerprint density at radius 2 is 1.92 bits per heavy atom. The molecule has 26 heavy (non-hydrogen) atoms. The first-order valence-electron chi connectivity index (χ1n) is 8.39. The lowest BCUT2D eigenvalue weighted by molar-refractivity contribution is 0.135. The molecule has 8 nitrogen and oxygen atoms in total. The molecule has 2 atom stereocenters. The molecule has 0 spiro atoms. The Balaban J connectivity index is 1.51. The normalized spacial score (nSPS) is 21.5. The highest BCUT2D eigenvalue weighted by Gasteiger charge is 2.48. The van der Waals surface area contributed by atoms with Crippen molar-refractivity contribution >= 4 is 12.0 Å². The number of ether oxygens (including phenoxy) is 3. The van der Waals surface area contributed by atoms with Gasteiger partial charge in [0.05, 0.1) is 26.8 Å². The smallest absolute Gasteiger partial charge is 0.410 e. The minimum Gasteiger partial charge on any atom is -0.493 e. The first-order valence-corrected chi connectivity index (χ1v) is 8.39. The van der Waals surface area contributed by atoms with Gasteiger partial charge >= 0.3 is 6.09 Å². The third kappa shape index (κ3) is 2.87. The molecule has 1 aromatic heterocycles. The molecule has 3 heterocycles. The van der Waals surface area contributed by atoms with Crippen molar-refractivity contribution in [2.75, 3.05) is 32.2 Å². The minimum atomic E-state index is -0.289. The van der Waals surface area contributed by atoms with Crippen LogP contribution in [0.3, 0.4) is 0 Å². The molecule has 2 aromatic rings. The van der Waals surface area contributed by atoms with Crippen molar-refractivity contribution in [3.8, 4) is 11.5 Å². The maximum atomic E-state index is 12.3. The molecular formula is C18H20N4O4. The van der Waals surface area contributed by atoms with Gasteiger partial charge in [-0.15, -0.1) is 0 Å². The lowest BCUT2D eigenvalue weighted by atomic mass is 10.1. The zero-order valence-corrected chi connectivity index (χ0v) is 14.7. The fourth-order valence-electron chi connectivity index (χ4n) is 3.48. The molecule has 136 valence electrons. The van der Waals surface area contributed by atoms with Crippen LogP contribution in [0.4, 0.5) is 10.7 Å². The van der Waals surface area contributed by atoms with Crippen LogP contribution in [-0.4, -0.2) is 60.4 Å². The van der Waals surface area contributed by atoms with Gasteiger partial charge in [0.1, 0.15) is 6.10 Å². The van der Waals surface area contributed by atoms with Crippen LogP contribution in [0.1, 0.15) is 5.56 Å². The van der Waals surface area contributed by atoms with Gasteiger partial charge in [-0.05, 0) is 23.8 Å². The third-order valence-corrected chi connectivity index (χ3v) is 4.76. The number of rotatable bonds is 5. The van der Waals surface area contributed by atoms with E-state index < -0.39 is 0 Å². The van der Waals surface area contributed by atoms with Gasteiger partial charge in [-0.3, -0.25) is 4.90 Å². The molecular weight excluding hydrogens is 336 g/mol. The van der Waals surface area contributed by atoms with Crippen LogP contribution in [0.2, 0.25) is 0 Å². The molecule has 0 radical (unpaired) electrons. The summed E-state index contributed by atoms with van der Waals surface area (Å²) in [6.07, 6.45) is 2.96. The van der Waals surface area contributed by atoms with Crippen molar-refractivity contribution in [1.82, 2.24) is 14.9 Å². The second-order valence-electron chi connectivity index (χ2n) is 6.26. The Labute approximate surface area is 151 Å². The van der Waals surface area contributed by atoms with Crippen LogP contribution in [0, 0.1) is 0 Å². The second-order valence-corrected chi connectivity index (χ2v) is 6.26. The van der Waals surface area contributed by atoms with E-state index in [2.05, 4.69) is 9.97 Å². The molecule has 0 bridgehead atoms. The molecule has 2 saturated heterocycles. The molecule has 1 aromatic carbocycles. The Bertz CT molecular complexity index is 801. The highest BCUT2D eigenvalue weighted by Crippen LogP contribution is 2.32. The first kappa shape index (κ1) is 16.4. The maximum Gasteiger partial charge on any atom is 0.410 e. The van der Waals surface area contributed by atoms with Crippen LogP contribution in [0.25, 0.3) is 0 Å². The lowest BCUT2D eigenvalue weighted by Gasteiger charge is -2.22. The molecule has 8 heteroatoms. The predicted molar refractivity (Wildman–Crippen MR) is 93.4 cm³/mol. The Morgan fingerprint density at radius 3 is 2.65 bits per heavy atom. The van der Waals surface area contributed by atoms with Crippen LogP contribution in [0.15, 0.2) is 36.7 Å². The number of aromatic nitrogens is 2. The molecule has 0 unspecified atom stereocenters. The van der Waals surface area contributed by atoms with E-state index in [-0.39, 0.29) is 18.2 Å². The fraction of sp³-hybridized carbons (Fsp3) is 0.389. The number of hydrogen-bond acceptors (Lipinski definition) is 7. The highest BCUT2D eigenvalue weighted by atomic mass is 16.6. The topological polar surface area (TPSA) is 77.0 Å². The zero-order chi connectivity index (χ0) is 18.1. The molecule has 0 saturated carbocycles. The van der Waals surface area contributed by atoms with E-state index in [4.69, 9.17) is 14.2 Å². The van der Waals surface area contributed by atoms with E-state index in [9.17, 15) is 4.79 Å². The molecule has 0 N–H and O–H groups in total. The van der Waals surface area contributed by atoms with Crippen LogP contribution >= 0.6 is 0 Å². The summed E-state index contributed by atoms with van der Waals surface area (Å²) in [6.45, 7) is 1.69. The fourth-order valence-corrected chi connectivity index (χ4v) is 3.48. The van der Waals surface area contributed by atoms with E-state index in [0.29, 0.717) is 37.1 Å². The molecule has 0 aliphatic carbocycles. The zero-order valence-electron chi connectivity index (χ0n) is 14.7. The van der Waals surface area contributed by atoms with Gasteiger partial charge in [-0.25, -0.2) is 14.8 Å². The minimum absolute atomic E-state index is 0.0283. The van der Waals surface area contributed by atoms with Gasteiger partial charge in [0, 0.05) is 25.5 Å². The van der Waals surface area contributed by atoms with Crippen molar-refractivity contribution < 1.29 is 19.0 Å². The van der Waals surface area contributed by atoms with Crippen molar-refractivity contribution in [1.29, 1.82) is 0 Å². The Morgan fingerprint density at radius 1 is 1.15 bits per heavy atom. The summed E-state index contributed by atoms with van der Waals surface area (Å²) in [5.41, 5.74) is 0.953. The SMILES string of the molecule is COc1ccc(CN2C(=O)O[C@@H]3CN(c4ncccn4)C[C@@H]32)cc1OC. The summed E-state index contributed by atoms with van der Waals surface area (Å²) in [5, 5.41) is 0. The van der Waals surface area contributed by atoms with Crippen molar-refractivity contribution in [3.05, 3.63) is 42.2 Å². The number of nitrogens with zero attached hydrogens (tertiary/aromatic N) is 4. The second kappa shape index (κ2) is 6.70. The quantitative estimate of drug-likeness (QED) is 0.807. The first-order chi connectivity index (χ1) is 12.7. The van der Waals surface area contributed by atoms with E-state index in [0.717, 1.165) is 5.56 Å². The van der Waals surface area contributed by atoms with E-state index in [1.807, 2.05) is 23.1 Å². The van der Waals surface area contributed by atoms with Crippen molar-refractivity contribution in [3.63, 3.8) is 0 Å². The van der Waals surface area contributed by atoms with E-state index in [1.54, 1.807) is 37.6 Å². The van der Waals surface area contributed by atoms with Gasteiger partial charge in [0.25, 0.3) is 0 Å².